The van der Waals surface area contributed by atoms with Crippen molar-refractivity contribution < 1.29 is 22.0 Å². The second-order valence-corrected chi connectivity index (χ2v) is 18.8. The molecule has 1 heterocycles. The average molecular weight is 354 g/mol. The zero-order chi connectivity index (χ0) is 13.5. The molecule has 1 fully saturated rings. The summed E-state index contributed by atoms with van der Waals surface area (Å²) >= 11 is 8.52. The van der Waals surface area contributed by atoms with E-state index in [0.717, 1.165) is 11.5 Å². The Labute approximate surface area is 117 Å². The van der Waals surface area contributed by atoms with Crippen LogP contribution >= 0.6 is 37.8 Å². The average Bonchev–Trinajstić information content (AvgIpc) is 2.77. The quantitative estimate of drug-likeness (QED) is 0.310. The van der Waals surface area contributed by atoms with Crippen molar-refractivity contribution in [3.8, 4) is 0 Å². The van der Waals surface area contributed by atoms with E-state index in [4.69, 9.17) is 11.8 Å². The Kier molecular flexibility index (Phi) is 4.59. The third-order valence-corrected chi connectivity index (χ3v) is 16.3. The van der Waals surface area contributed by atoms with Gasteiger partial charge in [0.15, 0.2) is 23.3 Å². The SMILES string of the molecule is Fc1c(F)c(F)c(SP2(=S)SCCS2)c(F)c1F. The van der Waals surface area contributed by atoms with E-state index in [1.54, 1.807) is 0 Å². The summed E-state index contributed by atoms with van der Waals surface area (Å²) in [6.45, 7) is 0. The molecule has 18 heavy (non-hydrogen) atoms. The minimum Gasteiger partial charge on any atom is -0.202 e. The highest BCUT2D eigenvalue weighted by molar-refractivity contribution is 9.24. The number of halogens is 5. The first-order valence-electron chi connectivity index (χ1n) is 4.46. The van der Waals surface area contributed by atoms with Crippen LogP contribution in [0.15, 0.2) is 4.90 Å². The molecular weight excluding hydrogens is 350 g/mol. The van der Waals surface area contributed by atoms with Crippen LogP contribution in [0.4, 0.5) is 22.0 Å². The third-order valence-electron chi connectivity index (χ3n) is 1.95. The molecule has 0 radical (unpaired) electrons. The fraction of sp³-hybridized carbons (Fsp3) is 0.250. The first-order valence-corrected chi connectivity index (χ1v) is 11.9. The number of hydrogen-bond acceptors (Lipinski definition) is 4. The molecule has 0 spiro atoms. The molecule has 1 aliphatic heterocycles. The van der Waals surface area contributed by atoms with E-state index in [1.165, 1.54) is 22.8 Å². The molecule has 1 aromatic rings. The normalized spacial score (nSPS) is 18.3. The van der Waals surface area contributed by atoms with Gasteiger partial charge in [-0.3, -0.25) is 0 Å². The standard InChI is InChI=1S/C8H4F5PS4/c9-3-4(10)6(12)8(7(13)5(3)11)18-14(15)16-1-2-17-14/h1-2H2. The van der Waals surface area contributed by atoms with Gasteiger partial charge in [-0.15, -0.1) is 22.8 Å². The zero-order valence-electron chi connectivity index (χ0n) is 8.38. The summed E-state index contributed by atoms with van der Waals surface area (Å²) < 4.78 is 63.4. The highest BCUT2D eigenvalue weighted by Gasteiger charge is 2.32. The van der Waals surface area contributed by atoms with Crippen molar-refractivity contribution in [1.29, 1.82) is 0 Å². The molecule has 1 saturated heterocycles. The molecule has 0 nitrogen and oxygen atoms in total. The van der Waals surface area contributed by atoms with E-state index in [9.17, 15) is 22.0 Å². The van der Waals surface area contributed by atoms with Crippen LogP contribution in [0.3, 0.4) is 0 Å². The lowest BCUT2D eigenvalue weighted by molar-refractivity contribution is 0.361. The molecule has 0 saturated carbocycles. The predicted octanol–water partition coefficient (Wildman–Crippen LogP) is 5.18. The van der Waals surface area contributed by atoms with E-state index in [2.05, 4.69) is 0 Å². The molecule has 10 heteroatoms. The fourth-order valence-electron chi connectivity index (χ4n) is 1.16. The van der Waals surface area contributed by atoms with Gasteiger partial charge in [0.25, 0.3) is 0 Å². The summed E-state index contributed by atoms with van der Waals surface area (Å²) in [5, 5.41) is 0. The Morgan fingerprint density at radius 1 is 0.833 bits per heavy atom. The monoisotopic (exact) mass is 354 g/mol. The minimum absolute atomic E-state index is 0.599. The lowest BCUT2D eigenvalue weighted by atomic mass is 10.3. The van der Waals surface area contributed by atoms with Gasteiger partial charge in [0.1, 0.15) is 3.64 Å². The first-order chi connectivity index (χ1) is 8.36. The predicted molar refractivity (Wildman–Crippen MR) is 71.3 cm³/mol. The van der Waals surface area contributed by atoms with Crippen LogP contribution in [-0.2, 0) is 11.8 Å². The van der Waals surface area contributed by atoms with E-state index < -0.39 is 37.6 Å². The van der Waals surface area contributed by atoms with Gasteiger partial charge in [-0.1, -0.05) is 23.2 Å². The summed E-state index contributed by atoms with van der Waals surface area (Å²) in [6, 6.07) is 0. The van der Waals surface area contributed by atoms with Crippen LogP contribution in [-0.4, -0.2) is 11.5 Å². The Morgan fingerprint density at radius 3 is 1.67 bits per heavy atom. The molecule has 2 rings (SSSR count). The van der Waals surface area contributed by atoms with Crippen molar-refractivity contribution >= 4 is 49.6 Å². The highest BCUT2D eigenvalue weighted by Crippen LogP contribution is 2.83. The fourth-order valence-corrected chi connectivity index (χ4v) is 15.0. The summed E-state index contributed by atoms with van der Waals surface area (Å²) in [7, 11) is 0. The van der Waals surface area contributed by atoms with Gasteiger partial charge >= 0.3 is 0 Å². The highest BCUT2D eigenvalue weighted by atomic mass is 33.5. The van der Waals surface area contributed by atoms with Gasteiger partial charge in [0.2, 0.25) is 5.82 Å². The molecule has 1 aromatic carbocycles. The van der Waals surface area contributed by atoms with E-state index in [0.29, 0.717) is 11.4 Å². The van der Waals surface area contributed by atoms with Crippen molar-refractivity contribution in [3.05, 3.63) is 29.1 Å². The van der Waals surface area contributed by atoms with Gasteiger partial charge in [-0.2, -0.15) is 0 Å². The van der Waals surface area contributed by atoms with E-state index in [-0.39, 0.29) is 0 Å². The van der Waals surface area contributed by atoms with Gasteiger partial charge in [0, 0.05) is 11.5 Å². The summed E-state index contributed by atoms with van der Waals surface area (Å²) in [5.74, 6) is -8.13. The summed E-state index contributed by atoms with van der Waals surface area (Å²) in [6.07, 6.45) is 0. The minimum atomic E-state index is -2.25. The van der Waals surface area contributed by atoms with Crippen molar-refractivity contribution in [2.24, 2.45) is 0 Å². The topological polar surface area (TPSA) is 0 Å². The Bertz CT molecular complexity index is 510. The van der Waals surface area contributed by atoms with Crippen LogP contribution in [0.2, 0.25) is 0 Å². The van der Waals surface area contributed by atoms with Crippen LogP contribution < -0.4 is 0 Å². The van der Waals surface area contributed by atoms with Crippen LogP contribution in [0.1, 0.15) is 0 Å². The Morgan fingerprint density at radius 2 is 1.22 bits per heavy atom. The summed E-state index contributed by atoms with van der Waals surface area (Å²) in [5.41, 5.74) is 0. The molecule has 0 aromatic heterocycles. The van der Waals surface area contributed by atoms with Crippen LogP contribution in [0.5, 0.6) is 0 Å². The smallest absolute Gasteiger partial charge is 0.200 e. The van der Waals surface area contributed by atoms with Crippen molar-refractivity contribution in [2.45, 2.75) is 4.90 Å². The number of rotatable bonds is 2. The largest absolute Gasteiger partial charge is 0.202 e. The molecule has 0 aliphatic carbocycles. The van der Waals surface area contributed by atoms with Crippen molar-refractivity contribution in [1.82, 2.24) is 0 Å². The maximum Gasteiger partial charge on any atom is 0.200 e. The van der Waals surface area contributed by atoms with Crippen molar-refractivity contribution in [2.75, 3.05) is 11.5 Å². The molecule has 100 valence electrons. The molecule has 0 atom stereocenters. The second-order valence-electron chi connectivity index (χ2n) is 3.10. The van der Waals surface area contributed by atoms with Crippen molar-refractivity contribution in [3.63, 3.8) is 0 Å². The molecule has 0 amide bonds. The lowest BCUT2D eigenvalue weighted by Crippen LogP contribution is -2.02. The van der Waals surface area contributed by atoms with Gasteiger partial charge in [-0.25, -0.2) is 22.0 Å². The zero-order valence-corrected chi connectivity index (χ0v) is 12.5. The summed E-state index contributed by atoms with van der Waals surface area (Å²) in [4.78, 5) is -0.864. The maximum absolute atomic E-state index is 13.4. The van der Waals surface area contributed by atoms with Gasteiger partial charge in [0.05, 0.1) is 4.90 Å². The van der Waals surface area contributed by atoms with E-state index >= 15 is 0 Å². The van der Waals surface area contributed by atoms with Gasteiger partial charge in [-0.05, 0) is 0 Å². The molecule has 0 unspecified atom stereocenters. The molecular formula is C8H4F5PS4. The maximum atomic E-state index is 13.4. The number of hydrogen-bond donors (Lipinski definition) is 0. The van der Waals surface area contributed by atoms with Crippen LogP contribution in [0, 0.1) is 29.1 Å². The van der Waals surface area contributed by atoms with E-state index in [1.807, 2.05) is 0 Å². The Balaban J connectivity index is 2.48. The number of benzene rings is 1. The lowest BCUT2D eigenvalue weighted by Gasteiger charge is -2.14. The van der Waals surface area contributed by atoms with Crippen LogP contribution in [0.25, 0.3) is 0 Å². The first kappa shape index (κ1) is 15.0. The third kappa shape index (κ3) is 2.70. The van der Waals surface area contributed by atoms with Gasteiger partial charge < -0.3 is 0 Å². The Hall–Kier alpha value is 0.570. The molecule has 0 N–H and O–H groups in total. The molecule has 1 aliphatic rings. The molecule has 0 bridgehead atoms. The second kappa shape index (κ2) is 5.52.